The van der Waals surface area contributed by atoms with Gasteiger partial charge in [0.1, 0.15) is 17.7 Å². The molecule has 0 bridgehead atoms. The first-order chi connectivity index (χ1) is 12.9. The highest BCUT2D eigenvalue weighted by atomic mass is 31.2. The van der Waals surface area contributed by atoms with Crippen LogP contribution in [0.25, 0.3) is 0 Å². The van der Waals surface area contributed by atoms with E-state index in [0.29, 0.717) is 11.5 Å². The number of amides is 1. The molecular weight excluding hydrogens is 389 g/mol. The summed E-state index contributed by atoms with van der Waals surface area (Å²) in [5.41, 5.74) is -1.13. The van der Waals surface area contributed by atoms with Crippen LogP contribution in [0.4, 0.5) is 0 Å². The summed E-state index contributed by atoms with van der Waals surface area (Å²) in [4.78, 5) is 36.7. The van der Waals surface area contributed by atoms with Crippen LogP contribution in [-0.4, -0.2) is 64.6 Å². The number of carbonyl (C=O) groups excluding carboxylic acids is 3. The molecule has 0 radical (unpaired) electrons. The van der Waals surface area contributed by atoms with Crippen molar-refractivity contribution in [3.05, 3.63) is 0 Å². The second-order valence-corrected chi connectivity index (χ2v) is 9.91. The van der Waals surface area contributed by atoms with Gasteiger partial charge in [0, 0.05) is 6.54 Å². The maximum Gasteiger partial charge on any atom is 0.323 e. The van der Waals surface area contributed by atoms with Crippen molar-refractivity contribution in [3.8, 4) is 0 Å². The smallest absolute Gasteiger partial charge is 0.323 e. The third-order valence-corrected chi connectivity index (χ3v) is 6.91. The van der Waals surface area contributed by atoms with Gasteiger partial charge in [0.2, 0.25) is 7.44 Å². The van der Waals surface area contributed by atoms with Crippen molar-refractivity contribution in [1.82, 2.24) is 15.2 Å². The average Bonchev–Trinajstić information content (AvgIpc) is 2.55. The van der Waals surface area contributed by atoms with Crippen molar-refractivity contribution < 1.29 is 33.6 Å². The van der Waals surface area contributed by atoms with Crippen LogP contribution >= 0.6 is 7.44 Å². The van der Waals surface area contributed by atoms with E-state index in [1.54, 1.807) is 27.7 Å². The van der Waals surface area contributed by atoms with E-state index in [-0.39, 0.29) is 25.2 Å². The molecular formula is C17H32N3O7P. The number of piperidine rings is 1. The van der Waals surface area contributed by atoms with Crippen molar-refractivity contribution >= 4 is 25.3 Å². The standard InChI is InChI=1S/C17H32N3O7P/c1-10(2)26-16(22)12(5)18-28(25,14-8-7-9-20(24)15(14)21)19-13(6)17(23)27-11(3)4/h10-14,24H,7-9H2,1-6H3,(H2,18,19,25)/t12-,13-,14?/m0/s1. The molecule has 1 heterocycles. The Balaban J connectivity index is 3.08. The summed E-state index contributed by atoms with van der Waals surface area (Å²) < 4.78 is 24.0. The minimum atomic E-state index is -3.85. The minimum absolute atomic E-state index is 0.130. The van der Waals surface area contributed by atoms with Gasteiger partial charge in [0.15, 0.2) is 0 Å². The second-order valence-electron chi connectivity index (χ2n) is 7.45. The number of rotatable bonds is 9. The predicted octanol–water partition coefficient (Wildman–Crippen LogP) is 1.42. The van der Waals surface area contributed by atoms with E-state index in [1.165, 1.54) is 13.8 Å². The van der Waals surface area contributed by atoms with Gasteiger partial charge in [-0.3, -0.25) is 24.2 Å². The van der Waals surface area contributed by atoms with E-state index < -0.39 is 43.0 Å². The second kappa shape index (κ2) is 10.3. The van der Waals surface area contributed by atoms with Gasteiger partial charge < -0.3 is 9.47 Å². The monoisotopic (exact) mass is 421 g/mol. The van der Waals surface area contributed by atoms with Gasteiger partial charge in [0.05, 0.1) is 12.2 Å². The van der Waals surface area contributed by atoms with Crippen LogP contribution in [-0.2, 0) is 28.4 Å². The maximum absolute atomic E-state index is 13.7. The summed E-state index contributed by atoms with van der Waals surface area (Å²) in [6.45, 7) is 9.77. The van der Waals surface area contributed by atoms with E-state index in [0.717, 1.165) is 0 Å². The van der Waals surface area contributed by atoms with Gasteiger partial charge in [0.25, 0.3) is 5.91 Å². The molecule has 0 aromatic carbocycles. The van der Waals surface area contributed by atoms with Crippen molar-refractivity contribution in [1.29, 1.82) is 0 Å². The fraction of sp³-hybridized carbons (Fsp3) is 0.824. The number of esters is 2. The van der Waals surface area contributed by atoms with E-state index in [2.05, 4.69) is 10.2 Å². The molecule has 1 amide bonds. The molecule has 1 fully saturated rings. The molecule has 0 aliphatic carbocycles. The summed E-state index contributed by atoms with van der Waals surface area (Å²) in [6, 6.07) is -2.01. The number of hydrogen-bond acceptors (Lipinski definition) is 7. The van der Waals surface area contributed by atoms with Crippen LogP contribution in [0.3, 0.4) is 0 Å². The van der Waals surface area contributed by atoms with E-state index >= 15 is 0 Å². The maximum atomic E-state index is 13.7. The molecule has 1 saturated heterocycles. The van der Waals surface area contributed by atoms with Gasteiger partial charge >= 0.3 is 11.9 Å². The molecule has 3 N–H and O–H groups in total. The zero-order valence-electron chi connectivity index (χ0n) is 17.3. The molecule has 3 atom stereocenters. The summed E-state index contributed by atoms with van der Waals surface area (Å²) in [5.74, 6) is -2.01. The molecule has 1 unspecified atom stereocenters. The highest BCUT2D eigenvalue weighted by Gasteiger charge is 2.45. The summed E-state index contributed by atoms with van der Waals surface area (Å²) in [7, 11) is -3.85. The van der Waals surface area contributed by atoms with Crippen molar-refractivity contribution in [2.75, 3.05) is 6.54 Å². The van der Waals surface area contributed by atoms with E-state index in [4.69, 9.17) is 9.47 Å². The molecule has 0 aromatic heterocycles. The van der Waals surface area contributed by atoms with Crippen molar-refractivity contribution in [2.45, 2.75) is 84.3 Å². The molecule has 162 valence electrons. The first-order valence-electron chi connectivity index (χ1n) is 9.44. The van der Waals surface area contributed by atoms with Gasteiger partial charge in [-0.05, 0) is 54.4 Å². The van der Waals surface area contributed by atoms with Crippen LogP contribution in [0.15, 0.2) is 0 Å². The third-order valence-electron chi connectivity index (χ3n) is 4.01. The molecule has 0 saturated carbocycles. The Bertz CT molecular complexity index is 592. The molecule has 28 heavy (non-hydrogen) atoms. The topological polar surface area (TPSA) is 134 Å². The van der Waals surface area contributed by atoms with Crippen LogP contribution in [0.5, 0.6) is 0 Å². The Morgan fingerprint density at radius 3 is 1.86 bits per heavy atom. The lowest BCUT2D eigenvalue weighted by molar-refractivity contribution is -0.169. The molecule has 1 rings (SSSR count). The largest absolute Gasteiger partial charge is 0.462 e. The zero-order valence-corrected chi connectivity index (χ0v) is 18.2. The predicted molar refractivity (Wildman–Crippen MR) is 102 cm³/mol. The Morgan fingerprint density at radius 2 is 1.46 bits per heavy atom. The average molecular weight is 421 g/mol. The van der Waals surface area contributed by atoms with Gasteiger partial charge in [-0.25, -0.2) is 15.2 Å². The fourth-order valence-corrected chi connectivity index (χ4v) is 5.53. The number of nitrogens with one attached hydrogen (secondary N) is 2. The molecule has 10 nitrogen and oxygen atoms in total. The Kier molecular flexibility index (Phi) is 9.07. The lowest BCUT2D eigenvalue weighted by Crippen LogP contribution is -2.51. The molecule has 1 aliphatic heterocycles. The van der Waals surface area contributed by atoms with E-state index in [1.807, 2.05) is 0 Å². The van der Waals surface area contributed by atoms with Gasteiger partial charge in [-0.15, -0.1) is 0 Å². The Morgan fingerprint density at radius 1 is 1.04 bits per heavy atom. The molecule has 1 aliphatic rings. The Hall–Kier alpha value is -1.48. The number of carbonyl (C=O) groups is 3. The van der Waals surface area contributed by atoms with Crippen LogP contribution in [0.2, 0.25) is 0 Å². The third kappa shape index (κ3) is 6.84. The summed E-state index contributed by atoms with van der Waals surface area (Å²) in [5, 5.41) is 15.6. The lowest BCUT2D eigenvalue weighted by atomic mass is 10.1. The number of hydrogen-bond donors (Lipinski definition) is 3. The van der Waals surface area contributed by atoms with Crippen LogP contribution in [0.1, 0.15) is 54.4 Å². The number of hydroxylamine groups is 2. The van der Waals surface area contributed by atoms with Gasteiger partial charge in [-0.2, -0.15) is 0 Å². The fourth-order valence-electron chi connectivity index (χ4n) is 2.74. The quantitative estimate of drug-likeness (QED) is 0.287. The van der Waals surface area contributed by atoms with Crippen LogP contribution in [0, 0.1) is 0 Å². The molecule has 0 spiro atoms. The van der Waals surface area contributed by atoms with E-state index in [9.17, 15) is 24.2 Å². The first kappa shape index (κ1) is 24.6. The normalized spacial score (nSPS) is 20.2. The number of ether oxygens (including phenoxy) is 2. The molecule has 0 aromatic rings. The highest BCUT2D eigenvalue weighted by molar-refractivity contribution is 7.61. The van der Waals surface area contributed by atoms with Crippen molar-refractivity contribution in [3.63, 3.8) is 0 Å². The summed E-state index contributed by atoms with van der Waals surface area (Å²) >= 11 is 0. The lowest BCUT2D eigenvalue weighted by Gasteiger charge is -2.36. The van der Waals surface area contributed by atoms with Crippen LogP contribution < -0.4 is 10.2 Å². The molecule has 11 heteroatoms. The van der Waals surface area contributed by atoms with Gasteiger partial charge in [-0.1, -0.05) is 0 Å². The number of nitrogens with zero attached hydrogens (tertiary/aromatic N) is 1. The Labute approximate surface area is 165 Å². The minimum Gasteiger partial charge on any atom is -0.462 e. The van der Waals surface area contributed by atoms with Crippen molar-refractivity contribution in [2.24, 2.45) is 0 Å². The SMILES string of the molecule is CC(C)OC(=O)[C@H](C)NP(=O)(N[C@@H](C)C(=O)OC(C)C)C1CCCN(O)C1=O. The highest BCUT2D eigenvalue weighted by Crippen LogP contribution is 2.47. The summed E-state index contributed by atoms with van der Waals surface area (Å²) in [6.07, 6.45) is -0.0809. The first-order valence-corrected chi connectivity index (χ1v) is 11.2. The zero-order chi connectivity index (χ0) is 21.6.